The topological polar surface area (TPSA) is 96.9 Å². The molecule has 1 atom stereocenters. The first-order valence-electron chi connectivity index (χ1n) is 4.06. The average Bonchev–Trinajstić information content (AvgIpc) is 2.20. The summed E-state index contributed by atoms with van der Waals surface area (Å²) in [4.78, 5) is 9.71. The molecule has 0 rings (SSSR count). The second-order valence-electron chi connectivity index (χ2n) is 2.69. The van der Waals surface area contributed by atoms with Gasteiger partial charge in [-0.05, 0) is 0 Å². The normalized spacial score (nSPS) is 14.0. The quantitative estimate of drug-likeness (QED) is 0.279. The van der Waals surface area contributed by atoms with Gasteiger partial charge in [0.15, 0.2) is 0 Å². The van der Waals surface area contributed by atoms with Gasteiger partial charge >= 0.3 is 8.80 Å². The van der Waals surface area contributed by atoms with E-state index >= 15 is 0 Å². The van der Waals surface area contributed by atoms with E-state index in [0.717, 1.165) is 0 Å². The summed E-state index contributed by atoms with van der Waals surface area (Å²) in [7, 11) is 1.66. The van der Waals surface area contributed by atoms with Gasteiger partial charge in [-0.3, -0.25) is 15.8 Å². The van der Waals surface area contributed by atoms with Crippen molar-refractivity contribution in [3.63, 3.8) is 0 Å². The number of hydrogen-bond acceptors (Lipinski definition) is 6. The van der Waals surface area contributed by atoms with Gasteiger partial charge in [0.05, 0.1) is 0 Å². The van der Waals surface area contributed by atoms with Crippen LogP contribution in [0.3, 0.4) is 0 Å². The van der Waals surface area contributed by atoms with Crippen LogP contribution in [0.2, 0.25) is 6.04 Å². The maximum Gasteiger partial charge on any atom is 0.500 e. The number of nitro groups is 1. The van der Waals surface area contributed by atoms with Crippen LogP contribution >= 0.6 is 0 Å². The smallest absolute Gasteiger partial charge is 0.377 e. The van der Waals surface area contributed by atoms with E-state index in [1.165, 1.54) is 21.3 Å². The Balaban J connectivity index is 4.12. The molecule has 0 radical (unpaired) electrons. The van der Waals surface area contributed by atoms with Crippen LogP contribution in [0.25, 0.3) is 0 Å². The zero-order valence-corrected chi connectivity index (χ0v) is 9.56. The molecule has 0 fully saturated rings. The van der Waals surface area contributed by atoms with Crippen LogP contribution < -0.4 is 5.73 Å². The Morgan fingerprint density at radius 2 is 1.79 bits per heavy atom. The van der Waals surface area contributed by atoms with Crippen molar-refractivity contribution in [3.8, 4) is 0 Å². The Bertz CT molecular complexity index is 179. The molecule has 14 heavy (non-hydrogen) atoms. The van der Waals surface area contributed by atoms with Gasteiger partial charge in [-0.1, -0.05) is 0 Å². The predicted molar refractivity (Wildman–Crippen MR) is 51.2 cm³/mol. The lowest BCUT2D eigenvalue weighted by Crippen LogP contribution is -2.44. The molecule has 0 bridgehead atoms. The first kappa shape index (κ1) is 13.5. The molecule has 1 unspecified atom stereocenters. The maximum atomic E-state index is 10.3. The molecule has 0 aliphatic heterocycles. The van der Waals surface area contributed by atoms with Gasteiger partial charge in [-0.2, -0.15) is 0 Å². The van der Waals surface area contributed by atoms with Crippen molar-refractivity contribution >= 4 is 8.80 Å². The lowest BCUT2D eigenvalue weighted by atomic mass is 10.4. The Hall–Kier alpha value is -0.543. The van der Waals surface area contributed by atoms with Crippen LogP contribution in [0.4, 0.5) is 0 Å². The summed E-state index contributed by atoms with van der Waals surface area (Å²) >= 11 is 0. The molecule has 0 aliphatic carbocycles. The molecule has 0 heterocycles. The van der Waals surface area contributed by atoms with Crippen molar-refractivity contribution in [2.75, 3.05) is 21.3 Å². The molecule has 0 saturated heterocycles. The van der Waals surface area contributed by atoms with E-state index in [0.29, 0.717) is 6.04 Å². The van der Waals surface area contributed by atoms with Crippen LogP contribution in [-0.2, 0) is 13.3 Å². The zero-order valence-electron chi connectivity index (χ0n) is 8.56. The summed E-state index contributed by atoms with van der Waals surface area (Å²) < 4.78 is 15.2. The van der Waals surface area contributed by atoms with Gasteiger partial charge in [0, 0.05) is 38.7 Å². The molecule has 0 aliphatic rings. The Kier molecular flexibility index (Phi) is 5.80. The molecule has 0 amide bonds. The highest BCUT2D eigenvalue weighted by atomic mass is 28.4. The van der Waals surface area contributed by atoms with Crippen molar-refractivity contribution in [1.29, 1.82) is 0 Å². The van der Waals surface area contributed by atoms with Crippen molar-refractivity contribution in [2.24, 2.45) is 5.73 Å². The van der Waals surface area contributed by atoms with Crippen LogP contribution in [0, 0.1) is 10.1 Å². The van der Waals surface area contributed by atoms with Crippen LogP contribution in [0.5, 0.6) is 0 Å². The molecular formula is C6H16N2O5Si. The minimum atomic E-state index is -2.71. The maximum absolute atomic E-state index is 10.3. The molecule has 0 aromatic rings. The van der Waals surface area contributed by atoms with Gasteiger partial charge in [0.1, 0.15) is 0 Å². The van der Waals surface area contributed by atoms with E-state index in [1.807, 2.05) is 0 Å². The molecule has 0 saturated carbocycles. The molecule has 0 spiro atoms. The minimum absolute atomic E-state index is 0.175. The molecule has 8 heteroatoms. The van der Waals surface area contributed by atoms with E-state index in [2.05, 4.69) is 0 Å². The third kappa shape index (κ3) is 3.68. The molecule has 2 N–H and O–H groups in total. The lowest BCUT2D eigenvalue weighted by molar-refractivity contribution is -0.521. The number of hydrogen-bond donors (Lipinski definition) is 1. The molecule has 0 aromatic heterocycles. The zero-order chi connectivity index (χ0) is 11.2. The fourth-order valence-electron chi connectivity index (χ4n) is 0.986. The standard InChI is InChI=1S/C6H16N2O5Si/c1-11-14(12-2,13-3)5-4-6(7)8(9)10/h6H,4-5,7H2,1-3H3. The van der Waals surface area contributed by atoms with Crippen molar-refractivity contribution in [1.82, 2.24) is 0 Å². The molecular weight excluding hydrogens is 208 g/mol. The minimum Gasteiger partial charge on any atom is -0.377 e. The number of nitrogens with zero attached hydrogens (tertiary/aromatic N) is 1. The summed E-state index contributed by atoms with van der Waals surface area (Å²) in [6.07, 6.45) is -0.920. The third-order valence-electron chi connectivity index (χ3n) is 1.95. The summed E-state index contributed by atoms with van der Waals surface area (Å²) in [6.45, 7) is 0. The summed E-state index contributed by atoms with van der Waals surface area (Å²) in [6, 6.07) is 0.332. The molecule has 84 valence electrons. The van der Waals surface area contributed by atoms with Gasteiger partial charge in [0.2, 0.25) is 0 Å². The van der Waals surface area contributed by atoms with Gasteiger partial charge < -0.3 is 13.3 Å². The van der Waals surface area contributed by atoms with Gasteiger partial charge in [-0.15, -0.1) is 0 Å². The highest BCUT2D eigenvalue weighted by Gasteiger charge is 2.39. The van der Waals surface area contributed by atoms with E-state index in [4.69, 9.17) is 19.0 Å². The van der Waals surface area contributed by atoms with Crippen LogP contribution in [-0.4, -0.2) is 41.2 Å². The summed E-state index contributed by atoms with van der Waals surface area (Å²) in [5.41, 5.74) is 5.24. The predicted octanol–water partition coefficient (Wildman–Crippen LogP) is -0.184. The SMILES string of the molecule is CO[Si](CCC(N)[N+](=O)[O-])(OC)OC. The highest BCUT2D eigenvalue weighted by molar-refractivity contribution is 6.60. The van der Waals surface area contributed by atoms with Gasteiger partial charge in [-0.25, -0.2) is 0 Å². The lowest BCUT2D eigenvalue weighted by Gasteiger charge is -2.24. The van der Waals surface area contributed by atoms with Crippen molar-refractivity contribution < 1.29 is 18.2 Å². The van der Waals surface area contributed by atoms with E-state index in [-0.39, 0.29) is 6.42 Å². The Morgan fingerprint density at radius 3 is 2.07 bits per heavy atom. The Morgan fingerprint density at radius 1 is 1.36 bits per heavy atom. The fourth-order valence-corrected chi connectivity index (χ4v) is 2.75. The monoisotopic (exact) mass is 224 g/mol. The largest absolute Gasteiger partial charge is 0.500 e. The number of nitrogens with two attached hydrogens (primary N) is 1. The van der Waals surface area contributed by atoms with Crippen LogP contribution in [0.15, 0.2) is 0 Å². The van der Waals surface area contributed by atoms with Gasteiger partial charge in [0.25, 0.3) is 6.17 Å². The van der Waals surface area contributed by atoms with Crippen molar-refractivity contribution in [2.45, 2.75) is 18.6 Å². The Labute approximate surface area is 83.6 Å². The average molecular weight is 224 g/mol. The van der Waals surface area contributed by atoms with E-state index in [1.54, 1.807) is 0 Å². The number of rotatable bonds is 7. The highest BCUT2D eigenvalue weighted by Crippen LogP contribution is 2.15. The first-order chi connectivity index (χ1) is 6.51. The molecule has 0 aromatic carbocycles. The van der Waals surface area contributed by atoms with Crippen LogP contribution in [0.1, 0.15) is 6.42 Å². The molecule has 7 nitrogen and oxygen atoms in total. The third-order valence-corrected chi connectivity index (χ3v) is 4.72. The van der Waals surface area contributed by atoms with Crippen molar-refractivity contribution in [3.05, 3.63) is 10.1 Å². The second-order valence-corrected chi connectivity index (χ2v) is 5.78. The van der Waals surface area contributed by atoms with E-state index in [9.17, 15) is 10.1 Å². The second kappa shape index (κ2) is 6.04. The summed E-state index contributed by atoms with van der Waals surface area (Å²) in [5, 5.41) is 10.3. The van der Waals surface area contributed by atoms with E-state index < -0.39 is 19.9 Å². The summed E-state index contributed by atoms with van der Waals surface area (Å²) in [5.74, 6) is 0. The fraction of sp³-hybridized carbons (Fsp3) is 1.00. The first-order valence-corrected chi connectivity index (χ1v) is 5.99.